The van der Waals surface area contributed by atoms with Gasteiger partial charge in [-0.2, -0.15) is 0 Å². The standard InChI is InChI=1S/C11H9/c1-2-9-5-3-6-10-7-4-8-11(9)10/h2-8H,1H2. The zero-order valence-electron chi connectivity index (χ0n) is 6.25. The maximum atomic E-state index is 3.76. The molecule has 0 aliphatic heterocycles. The van der Waals surface area contributed by atoms with E-state index in [1.165, 1.54) is 16.7 Å². The molecule has 0 spiro atoms. The van der Waals surface area contributed by atoms with E-state index in [1.54, 1.807) is 0 Å². The Morgan fingerprint density at radius 2 is 2.18 bits per heavy atom. The van der Waals surface area contributed by atoms with Crippen LogP contribution >= 0.6 is 0 Å². The predicted molar refractivity (Wildman–Crippen MR) is 49.0 cm³/mol. The van der Waals surface area contributed by atoms with Crippen molar-refractivity contribution < 1.29 is 0 Å². The minimum atomic E-state index is 1.22. The largest absolute Gasteiger partial charge is 0.0985 e. The summed E-state index contributed by atoms with van der Waals surface area (Å²) in [7, 11) is 0. The van der Waals surface area contributed by atoms with Crippen molar-refractivity contribution >= 4 is 12.2 Å². The molecular weight excluding hydrogens is 132 g/mol. The molecule has 0 heterocycles. The van der Waals surface area contributed by atoms with E-state index >= 15 is 0 Å². The number of rotatable bonds is 1. The fourth-order valence-electron chi connectivity index (χ4n) is 1.37. The molecule has 0 saturated carbocycles. The molecule has 0 nitrogen and oxygen atoms in total. The van der Waals surface area contributed by atoms with E-state index in [4.69, 9.17) is 0 Å². The monoisotopic (exact) mass is 141 g/mol. The van der Waals surface area contributed by atoms with Crippen molar-refractivity contribution in [2.75, 3.05) is 0 Å². The van der Waals surface area contributed by atoms with E-state index in [-0.39, 0.29) is 0 Å². The van der Waals surface area contributed by atoms with Crippen LogP contribution in [-0.2, 0) is 0 Å². The quantitative estimate of drug-likeness (QED) is 0.564. The molecule has 1 radical (unpaired) electrons. The first-order valence-corrected chi connectivity index (χ1v) is 3.68. The summed E-state index contributed by atoms with van der Waals surface area (Å²) >= 11 is 0. The molecule has 1 aromatic carbocycles. The van der Waals surface area contributed by atoms with Gasteiger partial charge in [-0.3, -0.25) is 0 Å². The second kappa shape index (κ2) is 2.39. The van der Waals surface area contributed by atoms with Gasteiger partial charge in [-0.25, -0.2) is 0 Å². The maximum Gasteiger partial charge on any atom is 0.0137 e. The summed E-state index contributed by atoms with van der Waals surface area (Å²) in [5, 5.41) is 0. The maximum absolute atomic E-state index is 3.76. The second-order valence-corrected chi connectivity index (χ2v) is 2.58. The molecule has 1 aromatic rings. The van der Waals surface area contributed by atoms with Gasteiger partial charge in [0.25, 0.3) is 0 Å². The summed E-state index contributed by atoms with van der Waals surface area (Å²) in [6.07, 6.45) is 8.19. The lowest BCUT2D eigenvalue weighted by Gasteiger charge is -2.01. The van der Waals surface area contributed by atoms with Crippen LogP contribution in [0.25, 0.3) is 12.2 Å². The van der Waals surface area contributed by atoms with Gasteiger partial charge in [0, 0.05) is 6.42 Å². The first-order chi connectivity index (χ1) is 5.42. The summed E-state index contributed by atoms with van der Waals surface area (Å²) in [5.74, 6) is 0. The molecule has 0 amide bonds. The highest BCUT2D eigenvalue weighted by Crippen LogP contribution is 2.24. The number of allylic oxidation sites excluding steroid dienone is 1. The molecular formula is C11H9. The van der Waals surface area contributed by atoms with Gasteiger partial charge in [0.05, 0.1) is 0 Å². The molecule has 11 heavy (non-hydrogen) atoms. The van der Waals surface area contributed by atoms with Gasteiger partial charge in [0.15, 0.2) is 0 Å². The van der Waals surface area contributed by atoms with Gasteiger partial charge < -0.3 is 0 Å². The minimum absolute atomic E-state index is 1.22. The van der Waals surface area contributed by atoms with Gasteiger partial charge in [-0.05, 0) is 16.7 Å². The molecule has 0 unspecified atom stereocenters. The van der Waals surface area contributed by atoms with E-state index in [9.17, 15) is 0 Å². The van der Waals surface area contributed by atoms with Gasteiger partial charge in [-0.1, -0.05) is 43.0 Å². The normalized spacial score (nSPS) is 13.1. The molecule has 53 valence electrons. The minimum Gasteiger partial charge on any atom is -0.0985 e. The van der Waals surface area contributed by atoms with Gasteiger partial charge in [-0.15, -0.1) is 0 Å². The molecule has 1 aliphatic rings. The third kappa shape index (κ3) is 0.911. The topological polar surface area (TPSA) is 0 Å². The van der Waals surface area contributed by atoms with Crippen LogP contribution in [0, 0.1) is 6.42 Å². The Bertz CT molecular complexity index is 319. The van der Waals surface area contributed by atoms with Crippen LogP contribution < -0.4 is 0 Å². The molecule has 0 saturated heterocycles. The van der Waals surface area contributed by atoms with E-state index in [1.807, 2.05) is 6.08 Å². The third-order valence-electron chi connectivity index (χ3n) is 1.93. The van der Waals surface area contributed by atoms with E-state index < -0.39 is 0 Å². The molecule has 0 fully saturated rings. The third-order valence-corrected chi connectivity index (χ3v) is 1.93. The summed E-state index contributed by atoms with van der Waals surface area (Å²) in [4.78, 5) is 0. The number of hydrogen-bond acceptors (Lipinski definition) is 0. The SMILES string of the molecule is C=Cc1cccc2c1[CH]C=C2. The zero-order chi connectivity index (χ0) is 7.68. The molecule has 2 rings (SSSR count). The highest BCUT2D eigenvalue weighted by Gasteiger charge is 2.06. The van der Waals surface area contributed by atoms with Gasteiger partial charge >= 0.3 is 0 Å². The Morgan fingerprint density at radius 1 is 1.27 bits per heavy atom. The summed E-state index contributed by atoms with van der Waals surface area (Å²) < 4.78 is 0. The van der Waals surface area contributed by atoms with Crippen LogP contribution in [0.5, 0.6) is 0 Å². The Morgan fingerprint density at radius 3 is 3.00 bits per heavy atom. The first-order valence-electron chi connectivity index (χ1n) is 3.68. The van der Waals surface area contributed by atoms with Crippen molar-refractivity contribution in [3.63, 3.8) is 0 Å². The van der Waals surface area contributed by atoms with Crippen molar-refractivity contribution in [1.29, 1.82) is 0 Å². The molecule has 0 aromatic heterocycles. The van der Waals surface area contributed by atoms with Gasteiger partial charge in [0.2, 0.25) is 0 Å². The molecule has 0 bridgehead atoms. The van der Waals surface area contributed by atoms with E-state index in [0.29, 0.717) is 0 Å². The highest BCUT2D eigenvalue weighted by atomic mass is 14.1. The molecule has 0 atom stereocenters. The zero-order valence-corrected chi connectivity index (χ0v) is 6.25. The van der Waals surface area contributed by atoms with Gasteiger partial charge in [0.1, 0.15) is 0 Å². The second-order valence-electron chi connectivity index (χ2n) is 2.58. The fourth-order valence-corrected chi connectivity index (χ4v) is 1.37. The van der Waals surface area contributed by atoms with Crippen LogP contribution in [0.1, 0.15) is 16.7 Å². The lowest BCUT2D eigenvalue weighted by molar-refractivity contribution is 1.51. The number of fused-ring (bicyclic) bond motifs is 1. The number of hydrogen-bond donors (Lipinski definition) is 0. The average molecular weight is 141 g/mol. The molecule has 0 heteroatoms. The first kappa shape index (κ1) is 6.41. The highest BCUT2D eigenvalue weighted by molar-refractivity contribution is 5.71. The molecule has 0 N–H and O–H groups in total. The predicted octanol–water partition coefficient (Wildman–Crippen LogP) is 2.91. The lowest BCUT2D eigenvalue weighted by atomic mass is 10.0. The van der Waals surface area contributed by atoms with Crippen LogP contribution in [0.4, 0.5) is 0 Å². The Labute approximate surface area is 66.9 Å². The number of benzene rings is 1. The lowest BCUT2D eigenvalue weighted by Crippen LogP contribution is -1.83. The van der Waals surface area contributed by atoms with Crippen molar-refractivity contribution in [3.8, 4) is 0 Å². The van der Waals surface area contributed by atoms with Crippen molar-refractivity contribution in [2.24, 2.45) is 0 Å². The Balaban J connectivity index is 2.63. The summed E-state index contributed by atoms with van der Waals surface area (Å²) in [6, 6.07) is 6.25. The summed E-state index contributed by atoms with van der Waals surface area (Å²) in [5.41, 5.74) is 3.80. The Kier molecular flexibility index (Phi) is 1.39. The fraction of sp³-hybridized carbons (Fsp3) is 0. The van der Waals surface area contributed by atoms with Crippen LogP contribution in [-0.4, -0.2) is 0 Å². The summed E-state index contributed by atoms with van der Waals surface area (Å²) in [6.45, 7) is 3.76. The van der Waals surface area contributed by atoms with Crippen molar-refractivity contribution in [2.45, 2.75) is 0 Å². The molecule has 1 aliphatic carbocycles. The van der Waals surface area contributed by atoms with Crippen molar-refractivity contribution in [1.82, 2.24) is 0 Å². The van der Waals surface area contributed by atoms with E-state index in [2.05, 4.69) is 43.4 Å². The van der Waals surface area contributed by atoms with Crippen molar-refractivity contribution in [3.05, 3.63) is 54.0 Å². The van der Waals surface area contributed by atoms with E-state index in [0.717, 1.165) is 0 Å². The van der Waals surface area contributed by atoms with Crippen LogP contribution in [0.2, 0.25) is 0 Å². The average Bonchev–Trinajstić information content (AvgIpc) is 2.50. The van der Waals surface area contributed by atoms with Crippen LogP contribution in [0.3, 0.4) is 0 Å². The van der Waals surface area contributed by atoms with Crippen LogP contribution in [0.15, 0.2) is 30.9 Å². The smallest absolute Gasteiger partial charge is 0.0137 e. The Hall–Kier alpha value is -1.30.